The Hall–Kier alpha value is -0.940. The van der Waals surface area contributed by atoms with Crippen LogP contribution in [-0.2, 0) is 0 Å². The number of pyridine rings is 1. The van der Waals surface area contributed by atoms with E-state index in [1.165, 1.54) is 12.8 Å². The summed E-state index contributed by atoms with van der Waals surface area (Å²) in [5.41, 5.74) is 0.511. The summed E-state index contributed by atoms with van der Waals surface area (Å²) in [6, 6.07) is 4.11. The normalized spacial score (nSPS) is 18.8. The van der Waals surface area contributed by atoms with Crippen molar-refractivity contribution in [1.29, 1.82) is 0 Å². The SMILES string of the molecule is CCCN(CC1CCCCN1)C(=O)c1ncccc1Br. The second-order valence-electron chi connectivity index (χ2n) is 5.23. The van der Waals surface area contributed by atoms with E-state index in [1.807, 2.05) is 17.0 Å². The molecular weight excluding hydrogens is 318 g/mol. The molecule has 1 aromatic heterocycles. The van der Waals surface area contributed by atoms with Gasteiger partial charge in [-0.25, -0.2) is 4.98 Å². The first-order valence-electron chi connectivity index (χ1n) is 7.35. The van der Waals surface area contributed by atoms with Gasteiger partial charge < -0.3 is 10.2 Å². The molecule has 1 aliphatic heterocycles. The molecule has 0 bridgehead atoms. The van der Waals surface area contributed by atoms with Gasteiger partial charge in [0.05, 0.1) is 0 Å². The van der Waals surface area contributed by atoms with E-state index in [2.05, 4.69) is 33.2 Å². The Bertz CT molecular complexity index is 446. The van der Waals surface area contributed by atoms with Crippen molar-refractivity contribution in [3.63, 3.8) is 0 Å². The van der Waals surface area contributed by atoms with Crippen LogP contribution in [0.5, 0.6) is 0 Å². The topological polar surface area (TPSA) is 45.2 Å². The molecule has 0 radical (unpaired) electrons. The lowest BCUT2D eigenvalue weighted by atomic mass is 10.0. The summed E-state index contributed by atoms with van der Waals surface area (Å²) in [5, 5.41) is 3.50. The minimum Gasteiger partial charge on any atom is -0.336 e. The molecule has 1 aliphatic rings. The van der Waals surface area contributed by atoms with Crippen LogP contribution in [0.4, 0.5) is 0 Å². The predicted octanol–water partition coefficient (Wildman–Crippen LogP) is 2.84. The number of amides is 1. The highest BCUT2D eigenvalue weighted by molar-refractivity contribution is 9.10. The predicted molar refractivity (Wildman–Crippen MR) is 83.8 cm³/mol. The molecule has 110 valence electrons. The summed E-state index contributed by atoms with van der Waals surface area (Å²) in [6.45, 7) is 4.71. The largest absolute Gasteiger partial charge is 0.336 e. The van der Waals surface area contributed by atoms with Crippen LogP contribution >= 0.6 is 15.9 Å². The van der Waals surface area contributed by atoms with Crippen molar-refractivity contribution in [2.24, 2.45) is 0 Å². The van der Waals surface area contributed by atoms with Gasteiger partial charge in [-0.2, -0.15) is 0 Å². The summed E-state index contributed by atoms with van der Waals surface area (Å²) in [7, 11) is 0. The number of rotatable bonds is 5. The Morgan fingerprint density at radius 3 is 3.05 bits per heavy atom. The van der Waals surface area contributed by atoms with Crippen molar-refractivity contribution in [2.75, 3.05) is 19.6 Å². The van der Waals surface area contributed by atoms with Gasteiger partial charge in [-0.3, -0.25) is 4.79 Å². The number of halogens is 1. The summed E-state index contributed by atoms with van der Waals surface area (Å²) >= 11 is 3.42. The van der Waals surface area contributed by atoms with E-state index in [0.717, 1.165) is 36.9 Å². The van der Waals surface area contributed by atoms with Gasteiger partial charge in [-0.05, 0) is 53.9 Å². The third-order valence-corrected chi connectivity index (χ3v) is 4.23. The zero-order chi connectivity index (χ0) is 14.4. The summed E-state index contributed by atoms with van der Waals surface area (Å²) < 4.78 is 0.766. The number of hydrogen-bond acceptors (Lipinski definition) is 3. The molecule has 2 heterocycles. The van der Waals surface area contributed by atoms with E-state index in [9.17, 15) is 4.79 Å². The van der Waals surface area contributed by atoms with E-state index in [4.69, 9.17) is 0 Å². The molecule has 0 aliphatic carbocycles. The van der Waals surface area contributed by atoms with Crippen LogP contribution in [0.1, 0.15) is 43.1 Å². The van der Waals surface area contributed by atoms with Gasteiger partial charge in [0.15, 0.2) is 0 Å². The molecule has 1 saturated heterocycles. The molecular formula is C15H22BrN3O. The van der Waals surface area contributed by atoms with Gasteiger partial charge in [0.25, 0.3) is 5.91 Å². The van der Waals surface area contributed by atoms with Crippen LogP contribution in [-0.4, -0.2) is 41.5 Å². The third kappa shape index (κ3) is 4.03. The molecule has 1 unspecified atom stereocenters. The van der Waals surface area contributed by atoms with Crippen molar-refractivity contribution in [2.45, 2.75) is 38.6 Å². The number of piperidine rings is 1. The Morgan fingerprint density at radius 2 is 2.40 bits per heavy atom. The van der Waals surface area contributed by atoms with E-state index < -0.39 is 0 Å². The van der Waals surface area contributed by atoms with Crippen LogP contribution in [0.2, 0.25) is 0 Å². The van der Waals surface area contributed by atoms with Gasteiger partial charge in [-0.1, -0.05) is 13.3 Å². The minimum absolute atomic E-state index is 0.0201. The smallest absolute Gasteiger partial charge is 0.273 e. The molecule has 1 amide bonds. The van der Waals surface area contributed by atoms with Crippen LogP contribution in [0.25, 0.3) is 0 Å². The summed E-state index contributed by atoms with van der Waals surface area (Å²) in [4.78, 5) is 18.8. The van der Waals surface area contributed by atoms with Crippen LogP contribution in [0.3, 0.4) is 0 Å². The molecule has 0 saturated carbocycles. The van der Waals surface area contributed by atoms with Crippen molar-refractivity contribution in [3.8, 4) is 0 Å². The molecule has 0 spiro atoms. The van der Waals surface area contributed by atoms with E-state index in [0.29, 0.717) is 11.7 Å². The molecule has 1 atom stereocenters. The van der Waals surface area contributed by atoms with Crippen molar-refractivity contribution < 1.29 is 4.79 Å². The Kier molecular flexibility index (Phi) is 5.98. The Morgan fingerprint density at radius 1 is 1.55 bits per heavy atom. The molecule has 5 heteroatoms. The van der Waals surface area contributed by atoms with Gasteiger partial charge in [0.1, 0.15) is 5.69 Å². The van der Waals surface area contributed by atoms with E-state index in [1.54, 1.807) is 6.20 Å². The van der Waals surface area contributed by atoms with Crippen LogP contribution in [0, 0.1) is 0 Å². The molecule has 0 aromatic carbocycles. The second-order valence-corrected chi connectivity index (χ2v) is 6.09. The zero-order valence-corrected chi connectivity index (χ0v) is 13.5. The number of aromatic nitrogens is 1. The highest BCUT2D eigenvalue weighted by Crippen LogP contribution is 2.17. The van der Waals surface area contributed by atoms with Gasteiger partial charge in [0, 0.05) is 29.8 Å². The average molecular weight is 340 g/mol. The van der Waals surface area contributed by atoms with E-state index >= 15 is 0 Å². The van der Waals surface area contributed by atoms with Crippen molar-refractivity contribution in [3.05, 3.63) is 28.5 Å². The fraction of sp³-hybridized carbons (Fsp3) is 0.600. The molecule has 20 heavy (non-hydrogen) atoms. The maximum atomic E-state index is 12.6. The number of carbonyl (C=O) groups is 1. The molecule has 1 N–H and O–H groups in total. The van der Waals surface area contributed by atoms with Crippen LogP contribution < -0.4 is 5.32 Å². The van der Waals surface area contributed by atoms with Gasteiger partial charge >= 0.3 is 0 Å². The van der Waals surface area contributed by atoms with Gasteiger partial charge in [0.2, 0.25) is 0 Å². The molecule has 1 fully saturated rings. The van der Waals surface area contributed by atoms with Crippen LogP contribution in [0.15, 0.2) is 22.8 Å². The maximum absolute atomic E-state index is 12.6. The molecule has 1 aromatic rings. The molecule has 2 rings (SSSR count). The highest BCUT2D eigenvalue weighted by Gasteiger charge is 2.23. The quantitative estimate of drug-likeness (QED) is 0.897. The van der Waals surface area contributed by atoms with E-state index in [-0.39, 0.29) is 5.91 Å². The second kappa shape index (κ2) is 7.74. The first kappa shape index (κ1) is 15.4. The van der Waals surface area contributed by atoms with Crippen molar-refractivity contribution >= 4 is 21.8 Å². The number of carbonyl (C=O) groups excluding carboxylic acids is 1. The van der Waals surface area contributed by atoms with Crippen molar-refractivity contribution in [1.82, 2.24) is 15.2 Å². The zero-order valence-electron chi connectivity index (χ0n) is 11.9. The highest BCUT2D eigenvalue weighted by atomic mass is 79.9. The lowest BCUT2D eigenvalue weighted by Crippen LogP contribution is -2.46. The fourth-order valence-electron chi connectivity index (χ4n) is 2.58. The lowest BCUT2D eigenvalue weighted by Gasteiger charge is -2.30. The number of nitrogens with zero attached hydrogens (tertiary/aromatic N) is 2. The minimum atomic E-state index is 0.0201. The third-order valence-electron chi connectivity index (χ3n) is 3.59. The first-order chi connectivity index (χ1) is 9.72. The standard InChI is InChI=1S/C15H22BrN3O/c1-2-10-19(11-12-6-3-4-8-17-12)15(20)14-13(16)7-5-9-18-14/h5,7,9,12,17H,2-4,6,8,10-11H2,1H3. The fourth-order valence-corrected chi connectivity index (χ4v) is 3.01. The Labute approximate surface area is 129 Å². The Balaban J connectivity index is 2.07. The maximum Gasteiger partial charge on any atom is 0.273 e. The summed E-state index contributed by atoms with van der Waals surface area (Å²) in [6.07, 6.45) is 6.27. The van der Waals surface area contributed by atoms with Gasteiger partial charge in [-0.15, -0.1) is 0 Å². The average Bonchev–Trinajstić information content (AvgIpc) is 2.48. The molecule has 4 nitrogen and oxygen atoms in total. The number of hydrogen-bond donors (Lipinski definition) is 1. The first-order valence-corrected chi connectivity index (χ1v) is 8.15. The lowest BCUT2D eigenvalue weighted by molar-refractivity contribution is 0.0725. The summed E-state index contributed by atoms with van der Waals surface area (Å²) in [5.74, 6) is 0.0201. The number of nitrogens with one attached hydrogen (secondary N) is 1. The monoisotopic (exact) mass is 339 g/mol.